The van der Waals surface area contributed by atoms with Crippen LogP contribution in [0.25, 0.3) is 0 Å². The quantitative estimate of drug-likeness (QED) is 0.592. The fourth-order valence-corrected chi connectivity index (χ4v) is 4.05. The number of nitrogens with one attached hydrogen (secondary N) is 1. The Labute approximate surface area is 162 Å². The first kappa shape index (κ1) is 19.3. The predicted molar refractivity (Wildman–Crippen MR) is 103 cm³/mol. The number of oxime groups is 1. The third-order valence-corrected chi connectivity index (χ3v) is 5.79. The second-order valence-corrected chi connectivity index (χ2v) is 8.03. The van der Waals surface area contributed by atoms with E-state index in [1.54, 1.807) is 13.0 Å². The van der Waals surface area contributed by atoms with Gasteiger partial charge in [-0.25, -0.2) is 17.9 Å². The van der Waals surface area contributed by atoms with Crippen LogP contribution in [0, 0.1) is 0 Å². The normalized spacial score (nSPS) is 16.9. The molecule has 8 heteroatoms. The van der Waals surface area contributed by atoms with E-state index in [-0.39, 0.29) is 16.2 Å². The molecule has 1 atom stereocenters. The summed E-state index contributed by atoms with van der Waals surface area (Å²) in [6.07, 6.45) is 1.86. The van der Waals surface area contributed by atoms with Gasteiger partial charge in [-0.05, 0) is 43.2 Å². The third-order valence-electron chi connectivity index (χ3n) is 4.05. The number of nitrogens with zero attached hydrogens (tertiary/aromatic N) is 1. The van der Waals surface area contributed by atoms with Crippen LogP contribution in [0.3, 0.4) is 0 Å². The minimum atomic E-state index is -3.87. The maximum atomic E-state index is 12.8. The molecular weight excluding hydrogens is 388 g/mol. The van der Waals surface area contributed by atoms with Crippen LogP contribution in [0.1, 0.15) is 12.5 Å². The number of benzene rings is 2. The standard InChI is InChI=1S/C19H17ClN2O4S/c1-2-16-18(21-26-19(16)23)17(12-13-6-4-3-5-7-13)22-27(24,25)15-10-8-14(20)9-11-15/h2-11,17,22H,12H2,1H3/b16-2-/t17-/m1/s1. The SMILES string of the molecule is C/C=C1\C(=O)ON=C1[C@@H](Cc1ccccc1)NS(=O)(=O)c1ccc(Cl)cc1. The Hall–Kier alpha value is -2.48. The van der Waals surface area contributed by atoms with Crippen molar-refractivity contribution in [1.82, 2.24) is 4.72 Å². The number of hydrogen-bond donors (Lipinski definition) is 1. The van der Waals surface area contributed by atoms with Crippen LogP contribution in [-0.4, -0.2) is 26.1 Å². The minimum Gasteiger partial charge on any atom is -0.312 e. The molecule has 0 aliphatic carbocycles. The van der Waals surface area contributed by atoms with Gasteiger partial charge in [0.25, 0.3) is 0 Å². The fraction of sp³-hybridized carbons (Fsp3) is 0.158. The molecule has 3 rings (SSSR count). The van der Waals surface area contributed by atoms with Crippen molar-refractivity contribution < 1.29 is 18.0 Å². The Bertz CT molecular complexity index is 1000. The number of rotatable bonds is 6. The average molecular weight is 405 g/mol. The molecular formula is C19H17ClN2O4S. The largest absolute Gasteiger partial charge is 0.367 e. The summed E-state index contributed by atoms with van der Waals surface area (Å²) in [5.74, 6) is -0.601. The van der Waals surface area contributed by atoms with Crippen LogP contribution >= 0.6 is 11.6 Å². The summed E-state index contributed by atoms with van der Waals surface area (Å²) in [7, 11) is -3.87. The van der Waals surface area contributed by atoms with Gasteiger partial charge in [-0.3, -0.25) is 0 Å². The number of hydrogen-bond acceptors (Lipinski definition) is 5. The van der Waals surface area contributed by atoms with Crippen molar-refractivity contribution >= 4 is 33.3 Å². The first-order valence-corrected chi connectivity index (χ1v) is 10.0. The van der Waals surface area contributed by atoms with Crippen LogP contribution in [0.4, 0.5) is 0 Å². The van der Waals surface area contributed by atoms with Gasteiger partial charge in [-0.2, -0.15) is 0 Å². The molecule has 0 bridgehead atoms. The number of sulfonamides is 1. The lowest BCUT2D eigenvalue weighted by molar-refractivity contribution is -0.136. The monoisotopic (exact) mass is 404 g/mol. The maximum absolute atomic E-state index is 12.8. The highest BCUT2D eigenvalue weighted by Gasteiger charge is 2.34. The van der Waals surface area contributed by atoms with E-state index < -0.39 is 22.0 Å². The lowest BCUT2D eigenvalue weighted by Gasteiger charge is -2.18. The third kappa shape index (κ3) is 4.44. The zero-order chi connectivity index (χ0) is 19.4. The number of carbonyl (C=O) groups is 1. The summed E-state index contributed by atoms with van der Waals surface area (Å²) in [5, 5.41) is 4.24. The van der Waals surface area contributed by atoms with Gasteiger partial charge in [-0.15, -0.1) is 0 Å². The first-order valence-electron chi connectivity index (χ1n) is 8.18. The van der Waals surface area contributed by atoms with Crippen molar-refractivity contribution in [3.63, 3.8) is 0 Å². The van der Waals surface area contributed by atoms with Gasteiger partial charge >= 0.3 is 5.97 Å². The summed E-state index contributed by atoms with van der Waals surface area (Å²) in [5.41, 5.74) is 1.39. The van der Waals surface area contributed by atoms with Crippen molar-refractivity contribution in [3.8, 4) is 0 Å². The van der Waals surface area contributed by atoms with Crippen molar-refractivity contribution in [2.75, 3.05) is 0 Å². The molecule has 2 aromatic carbocycles. The maximum Gasteiger partial charge on any atom is 0.367 e. The van der Waals surface area contributed by atoms with Crippen molar-refractivity contribution in [1.29, 1.82) is 0 Å². The van der Waals surface area contributed by atoms with Gasteiger partial charge in [0.2, 0.25) is 10.0 Å². The summed E-state index contributed by atoms with van der Waals surface area (Å²) < 4.78 is 28.3. The number of halogens is 1. The van der Waals surface area contributed by atoms with Crippen LogP contribution in [0.5, 0.6) is 0 Å². The van der Waals surface area contributed by atoms with E-state index in [9.17, 15) is 13.2 Å². The van der Waals surface area contributed by atoms with Gasteiger partial charge < -0.3 is 4.84 Å². The van der Waals surface area contributed by atoms with E-state index in [1.165, 1.54) is 24.3 Å². The molecule has 0 aromatic heterocycles. The lowest BCUT2D eigenvalue weighted by Crippen LogP contribution is -2.42. The van der Waals surface area contributed by atoms with Gasteiger partial charge in [-0.1, -0.05) is 53.2 Å². The summed E-state index contributed by atoms with van der Waals surface area (Å²) in [6.45, 7) is 1.67. The molecule has 1 heterocycles. The Kier molecular flexibility index (Phi) is 5.74. The fourth-order valence-electron chi connectivity index (χ4n) is 2.72. The summed E-state index contributed by atoms with van der Waals surface area (Å²) >= 11 is 5.84. The Balaban J connectivity index is 1.94. The second kappa shape index (κ2) is 8.04. The highest BCUT2D eigenvalue weighted by Crippen LogP contribution is 2.20. The molecule has 0 amide bonds. The first-order chi connectivity index (χ1) is 12.9. The molecule has 2 aromatic rings. The number of carbonyl (C=O) groups excluding carboxylic acids is 1. The molecule has 0 spiro atoms. The highest BCUT2D eigenvalue weighted by molar-refractivity contribution is 7.89. The van der Waals surface area contributed by atoms with Gasteiger partial charge in [0.1, 0.15) is 5.71 Å². The molecule has 1 aliphatic heterocycles. The summed E-state index contributed by atoms with van der Waals surface area (Å²) in [6, 6.07) is 14.4. The van der Waals surface area contributed by atoms with Crippen molar-refractivity contribution in [2.45, 2.75) is 24.3 Å². The summed E-state index contributed by atoms with van der Waals surface area (Å²) in [4.78, 5) is 16.7. The molecule has 0 radical (unpaired) electrons. The zero-order valence-electron chi connectivity index (χ0n) is 14.4. The van der Waals surface area contributed by atoms with E-state index in [1.807, 2.05) is 30.3 Å². The molecule has 6 nitrogen and oxygen atoms in total. The van der Waals surface area contributed by atoms with Crippen LogP contribution in [0.15, 0.2) is 76.3 Å². The van der Waals surface area contributed by atoms with Crippen molar-refractivity contribution in [3.05, 3.63) is 76.8 Å². The zero-order valence-corrected chi connectivity index (χ0v) is 16.0. The molecule has 0 fully saturated rings. The van der Waals surface area contributed by atoms with Crippen molar-refractivity contribution in [2.24, 2.45) is 5.16 Å². The Morgan fingerprint density at radius 3 is 2.44 bits per heavy atom. The molecule has 27 heavy (non-hydrogen) atoms. The van der Waals surface area contributed by atoms with Gasteiger partial charge in [0.05, 0.1) is 16.5 Å². The van der Waals surface area contributed by atoms with Gasteiger partial charge in [0.15, 0.2) is 0 Å². The Morgan fingerprint density at radius 2 is 1.81 bits per heavy atom. The van der Waals surface area contributed by atoms with E-state index in [0.29, 0.717) is 11.4 Å². The van der Waals surface area contributed by atoms with E-state index in [0.717, 1.165) is 5.56 Å². The molecule has 0 saturated carbocycles. The molecule has 0 unspecified atom stereocenters. The lowest BCUT2D eigenvalue weighted by atomic mass is 9.98. The molecule has 1 aliphatic rings. The molecule has 0 saturated heterocycles. The van der Waals surface area contributed by atoms with Crippen LogP contribution in [0.2, 0.25) is 5.02 Å². The van der Waals surface area contributed by atoms with E-state index in [2.05, 4.69) is 9.88 Å². The Morgan fingerprint density at radius 1 is 1.15 bits per heavy atom. The van der Waals surface area contributed by atoms with Crippen LogP contribution < -0.4 is 4.72 Å². The highest BCUT2D eigenvalue weighted by atomic mass is 35.5. The second-order valence-electron chi connectivity index (χ2n) is 5.88. The van der Waals surface area contributed by atoms with Crippen LogP contribution in [-0.2, 0) is 26.1 Å². The smallest absolute Gasteiger partial charge is 0.312 e. The van der Waals surface area contributed by atoms with E-state index >= 15 is 0 Å². The average Bonchev–Trinajstić information content (AvgIpc) is 3.03. The minimum absolute atomic E-state index is 0.0674. The van der Waals surface area contributed by atoms with E-state index in [4.69, 9.17) is 16.4 Å². The number of allylic oxidation sites excluding steroid dienone is 1. The predicted octanol–water partition coefficient (Wildman–Crippen LogP) is 3.09. The topological polar surface area (TPSA) is 84.8 Å². The molecule has 1 N–H and O–H groups in total. The van der Waals surface area contributed by atoms with Gasteiger partial charge in [0, 0.05) is 5.02 Å². The molecule has 140 valence electrons.